The molecule has 1 aliphatic carbocycles. The quantitative estimate of drug-likeness (QED) is 0.239. The SMILES string of the molecule is O=C(C1CC1)N1CC[C@H](Cn2c(-c3ccc(-c4ccc5ccoc5c4)cc3)nc3cc(C(F)(F)F)ccc32)C1. The average Bonchev–Trinajstić information content (AvgIpc) is 3.33. The number of imidazole rings is 1. The Balaban J connectivity index is 1.24. The Hall–Kier alpha value is -4.07. The first kappa shape index (κ1) is 24.0. The third-order valence-corrected chi connectivity index (χ3v) is 7.97. The third kappa shape index (κ3) is 4.47. The molecule has 2 aliphatic rings. The van der Waals surface area contributed by atoms with Gasteiger partial charge < -0.3 is 13.9 Å². The van der Waals surface area contributed by atoms with Gasteiger partial charge in [0.2, 0.25) is 5.91 Å². The van der Waals surface area contributed by atoms with E-state index in [2.05, 4.69) is 0 Å². The van der Waals surface area contributed by atoms with Crippen LogP contribution >= 0.6 is 0 Å². The lowest BCUT2D eigenvalue weighted by molar-refractivity contribution is -0.137. The van der Waals surface area contributed by atoms with E-state index in [9.17, 15) is 18.0 Å². The van der Waals surface area contributed by atoms with Gasteiger partial charge in [-0.05, 0) is 66.6 Å². The molecule has 0 spiro atoms. The maximum Gasteiger partial charge on any atom is 0.416 e. The molecule has 2 aromatic heterocycles. The number of hydrogen-bond acceptors (Lipinski definition) is 3. The van der Waals surface area contributed by atoms with Crippen molar-refractivity contribution in [2.24, 2.45) is 11.8 Å². The van der Waals surface area contributed by atoms with E-state index in [-0.39, 0.29) is 17.7 Å². The predicted molar refractivity (Wildman–Crippen MR) is 143 cm³/mol. The third-order valence-electron chi connectivity index (χ3n) is 7.97. The highest BCUT2D eigenvalue weighted by Gasteiger charge is 2.37. The molecule has 198 valence electrons. The van der Waals surface area contributed by atoms with Gasteiger partial charge in [0, 0.05) is 36.5 Å². The molecule has 0 unspecified atom stereocenters. The molecular formula is C31H26F3N3O2. The number of halogens is 3. The second-order valence-corrected chi connectivity index (χ2v) is 10.7. The Morgan fingerprint density at radius 3 is 2.46 bits per heavy atom. The lowest BCUT2D eigenvalue weighted by atomic mass is 10.0. The molecule has 2 fully saturated rings. The van der Waals surface area contributed by atoms with E-state index < -0.39 is 11.7 Å². The molecule has 3 heterocycles. The Kier molecular flexibility index (Phi) is 5.54. The predicted octanol–water partition coefficient (Wildman–Crippen LogP) is 7.39. The van der Waals surface area contributed by atoms with Gasteiger partial charge in [0.1, 0.15) is 11.4 Å². The number of likely N-dealkylation sites (tertiary alicyclic amines) is 1. The van der Waals surface area contributed by atoms with Gasteiger partial charge in [-0.2, -0.15) is 13.2 Å². The summed E-state index contributed by atoms with van der Waals surface area (Å²) < 4.78 is 48.0. The summed E-state index contributed by atoms with van der Waals surface area (Å²) in [6.07, 6.45) is 0.0421. The van der Waals surface area contributed by atoms with Crippen LogP contribution < -0.4 is 0 Å². The average molecular weight is 530 g/mol. The molecule has 0 bridgehead atoms. The fourth-order valence-electron chi connectivity index (χ4n) is 5.69. The Bertz CT molecular complexity index is 1700. The number of aromatic nitrogens is 2. The highest BCUT2D eigenvalue weighted by atomic mass is 19.4. The van der Waals surface area contributed by atoms with Crippen molar-refractivity contribution in [2.45, 2.75) is 32.0 Å². The summed E-state index contributed by atoms with van der Waals surface area (Å²) in [5.41, 5.74) is 3.92. The van der Waals surface area contributed by atoms with E-state index >= 15 is 0 Å². The van der Waals surface area contributed by atoms with Crippen LogP contribution in [-0.4, -0.2) is 33.4 Å². The smallest absolute Gasteiger partial charge is 0.416 e. The molecule has 5 aromatic rings. The molecule has 0 radical (unpaired) electrons. The first-order valence-corrected chi connectivity index (χ1v) is 13.3. The number of carbonyl (C=O) groups excluding carboxylic acids is 1. The Morgan fingerprint density at radius 2 is 1.69 bits per heavy atom. The van der Waals surface area contributed by atoms with Crippen LogP contribution in [0.2, 0.25) is 0 Å². The van der Waals surface area contributed by atoms with Gasteiger partial charge in [0.25, 0.3) is 0 Å². The van der Waals surface area contributed by atoms with Crippen LogP contribution in [-0.2, 0) is 17.5 Å². The lowest BCUT2D eigenvalue weighted by Gasteiger charge is -2.18. The van der Waals surface area contributed by atoms with Crippen LogP contribution in [0.5, 0.6) is 0 Å². The van der Waals surface area contributed by atoms with Crippen molar-refractivity contribution in [3.63, 3.8) is 0 Å². The molecule has 3 aromatic carbocycles. The van der Waals surface area contributed by atoms with Crippen molar-refractivity contribution in [2.75, 3.05) is 13.1 Å². The van der Waals surface area contributed by atoms with Crippen molar-refractivity contribution < 1.29 is 22.4 Å². The zero-order valence-corrected chi connectivity index (χ0v) is 21.1. The van der Waals surface area contributed by atoms with Crippen LogP contribution in [0.25, 0.3) is 44.5 Å². The van der Waals surface area contributed by atoms with Gasteiger partial charge in [-0.25, -0.2) is 4.98 Å². The van der Waals surface area contributed by atoms with E-state index in [1.807, 2.05) is 58.0 Å². The van der Waals surface area contributed by atoms with Crippen LogP contribution in [0, 0.1) is 11.8 Å². The minimum absolute atomic E-state index is 0.182. The summed E-state index contributed by atoms with van der Waals surface area (Å²) in [7, 11) is 0. The standard InChI is InChI=1S/C31H26F3N3O2/c32-31(33,34)25-9-10-27-26(16-25)35-29(37(27)18-19-11-13-36(17-19)30(38)23-6-7-23)22-4-1-20(2-5-22)24-8-3-21-12-14-39-28(21)15-24/h1-5,8-10,12,14-16,19,23H,6-7,11,13,17-18H2/t19-/m0/s1. The normalized spacial score (nSPS) is 17.9. The van der Waals surface area contributed by atoms with Crippen LogP contribution in [0.3, 0.4) is 0 Å². The number of amides is 1. The highest BCUT2D eigenvalue weighted by molar-refractivity contribution is 5.85. The second kappa shape index (κ2) is 9.00. The summed E-state index contributed by atoms with van der Waals surface area (Å²) in [5.74, 6) is 1.27. The highest BCUT2D eigenvalue weighted by Crippen LogP contribution is 2.36. The number of rotatable bonds is 5. The number of hydrogen-bond donors (Lipinski definition) is 0. The molecule has 5 nitrogen and oxygen atoms in total. The number of furan rings is 1. The largest absolute Gasteiger partial charge is 0.464 e. The minimum atomic E-state index is -4.44. The summed E-state index contributed by atoms with van der Waals surface area (Å²) in [5, 5.41) is 1.03. The lowest BCUT2D eigenvalue weighted by Crippen LogP contribution is -2.30. The Labute approximate surface area is 222 Å². The maximum absolute atomic E-state index is 13.5. The van der Waals surface area contributed by atoms with Crippen molar-refractivity contribution in [3.05, 3.63) is 78.6 Å². The summed E-state index contributed by atoms with van der Waals surface area (Å²) >= 11 is 0. The molecule has 1 atom stereocenters. The fraction of sp³-hybridized carbons (Fsp3) is 0.290. The van der Waals surface area contributed by atoms with Gasteiger partial charge >= 0.3 is 6.18 Å². The van der Waals surface area contributed by atoms with E-state index in [0.717, 1.165) is 65.6 Å². The van der Waals surface area contributed by atoms with Crippen molar-refractivity contribution >= 4 is 27.9 Å². The van der Waals surface area contributed by atoms with E-state index in [1.54, 1.807) is 6.26 Å². The summed E-state index contributed by atoms with van der Waals surface area (Å²) in [6, 6.07) is 19.6. The van der Waals surface area contributed by atoms with Gasteiger partial charge in [-0.1, -0.05) is 36.4 Å². The van der Waals surface area contributed by atoms with Crippen LogP contribution in [0.15, 0.2) is 77.4 Å². The zero-order valence-electron chi connectivity index (χ0n) is 21.1. The fourth-order valence-corrected chi connectivity index (χ4v) is 5.69. The topological polar surface area (TPSA) is 51.3 Å². The maximum atomic E-state index is 13.5. The van der Waals surface area contributed by atoms with Crippen molar-refractivity contribution in [1.29, 1.82) is 0 Å². The van der Waals surface area contributed by atoms with Gasteiger partial charge in [0.15, 0.2) is 0 Å². The molecule has 39 heavy (non-hydrogen) atoms. The molecule has 1 saturated heterocycles. The molecule has 0 N–H and O–H groups in total. The second-order valence-electron chi connectivity index (χ2n) is 10.7. The van der Waals surface area contributed by atoms with E-state index in [0.29, 0.717) is 29.9 Å². The van der Waals surface area contributed by atoms with Crippen molar-refractivity contribution in [1.82, 2.24) is 14.5 Å². The van der Waals surface area contributed by atoms with Crippen LogP contribution in [0.4, 0.5) is 13.2 Å². The van der Waals surface area contributed by atoms with Crippen molar-refractivity contribution in [3.8, 4) is 22.5 Å². The Morgan fingerprint density at radius 1 is 0.923 bits per heavy atom. The molecule has 7 rings (SSSR count). The molecule has 1 saturated carbocycles. The summed E-state index contributed by atoms with van der Waals surface area (Å²) in [6.45, 7) is 1.99. The number of carbonyl (C=O) groups is 1. The van der Waals surface area contributed by atoms with E-state index in [1.165, 1.54) is 6.07 Å². The number of fused-ring (bicyclic) bond motifs is 2. The molecule has 1 aliphatic heterocycles. The monoisotopic (exact) mass is 529 g/mol. The summed E-state index contributed by atoms with van der Waals surface area (Å²) in [4.78, 5) is 19.2. The number of nitrogens with zero attached hydrogens (tertiary/aromatic N) is 3. The zero-order chi connectivity index (χ0) is 26.7. The van der Waals surface area contributed by atoms with E-state index in [4.69, 9.17) is 9.40 Å². The first-order valence-electron chi connectivity index (χ1n) is 13.3. The van der Waals surface area contributed by atoms with Gasteiger partial charge in [0.05, 0.1) is 22.9 Å². The van der Waals surface area contributed by atoms with Gasteiger partial charge in [-0.15, -0.1) is 0 Å². The minimum Gasteiger partial charge on any atom is -0.464 e. The molecule has 1 amide bonds. The number of alkyl halides is 3. The van der Waals surface area contributed by atoms with Gasteiger partial charge in [-0.3, -0.25) is 4.79 Å². The molecule has 8 heteroatoms. The molecular weight excluding hydrogens is 503 g/mol. The van der Waals surface area contributed by atoms with Crippen LogP contribution in [0.1, 0.15) is 24.8 Å². The number of benzene rings is 3. The first-order chi connectivity index (χ1) is 18.8.